The van der Waals surface area contributed by atoms with Gasteiger partial charge in [-0.05, 0) is 30.5 Å². The van der Waals surface area contributed by atoms with E-state index in [9.17, 15) is 4.79 Å². The summed E-state index contributed by atoms with van der Waals surface area (Å²) in [5.74, 6) is 1.05. The number of nitrogens with zero attached hydrogens (tertiary/aromatic N) is 7. The van der Waals surface area contributed by atoms with Crippen molar-refractivity contribution >= 4 is 16.9 Å². The van der Waals surface area contributed by atoms with E-state index in [4.69, 9.17) is 4.52 Å². The standard InChI is InChI=1S/C17H19N9O2/c1-9(2)6-12(17-21-15(24-28-17)14-18-8-19-23-14)20-16(27)10-4-5-13-11(7-10)22-25-26(13)3/h4-5,7-9,12H,6H2,1-3H3,(H,20,27)(H,18,19,23)/t12-/m1/s1. The predicted octanol–water partition coefficient (Wildman–Crippen LogP) is 1.65. The summed E-state index contributed by atoms with van der Waals surface area (Å²) in [5, 5.41) is 21.4. The van der Waals surface area contributed by atoms with Crippen LogP contribution in [0.3, 0.4) is 0 Å². The summed E-state index contributed by atoms with van der Waals surface area (Å²) in [5.41, 5.74) is 1.99. The second-order valence-electron chi connectivity index (χ2n) is 6.86. The Morgan fingerprint density at radius 2 is 2.21 bits per heavy atom. The van der Waals surface area contributed by atoms with Crippen molar-refractivity contribution in [2.24, 2.45) is 13.0 Å². The van der Waals surface area contributed by atoms with Crippen LogP contribution in [0.2, 0.25) is 0 Å². The molecular weight excluding hydrogens is 362 g/mol. The summed E-state index contributed by atoms with van der Waals surface area (Å²) in [4.78, 5) is 21.2. The fraction of sp³-hybridized carbons (Fsp3) is 0.353. The number of carbonyl (C=O) groups is 1. The van der Waals surface area contributed by atoms with E-state index < -0.39 is 6.04 Å². The van der Waals surface area contributed by atoms with Gasteiger partial charge in [0.05, 0.1) is 5.52 Å². The van der Waals surface area contributed by atoms with Crippen molar-refractivity contribution in [1.82, 2.24) is 45.6 Å². The monoisotopic (exact) mass is 381 g/mol. The van der Waals surface area contributed by atoms with Crippen LogP contribution < -0.4 is 5.32 Å². The molecule has 11 nitrogen and oxygen atoms in total. The third-order valence-corrected chi connectivity index (χ3v) is 4.25. The van der Waals surface area contributed by atoms with Gasteiger partial charge in [0.25, 0.3) is 5.91 Å². The number of amides is 1. The van der Waals surface area contributed by atoms with E-state index in [1.165, 1.54) is 6.33 Å². The molecule has 4 aromatic rings. The van der Waals surface area contributed by atoms with Crippen LogP contribution in [-0.2, 0) is 7.05 Å². The lowest BCUT2D eigenvalue weighted by Crippen LogP contribution is -2.29. The topological polar surface area (TPSA) is 140 Å². The highest BCUT2D eigenvalue weighted by Gasteiger charge is 2.24. The average Bonchev–Trinajstić information content (AvgIpc) is 3.41. The number of carbonyl (C=O) groups excluding carboxylic acids is 1. The second-order valence-corrected chi connectivity index (χ2v) is 6.86. The molecule has 0 unspecified atom stereocenters. The van der Waals surface area contributed by atoms with Gasteiger partial charge in [0, 0.05) is 12.6 Å². The average molecular weight is 381 g/mol. The summed E-state index contributed by atoms with van der Waals surface area (Å²) in [6.45, 7) is 4.11. The molecule has 28 heavy (non-hydrogen) atoms. The number of aromatic nitrogens is 8. The molecule has 0 radical (unpaired) electrons. The summed E-state index contributed by atoms with van der Waals surface area (Å²) in [6, 6.07) is 4.82. The van der Waals surface area contributed by atoms with Crippen molar-refractivity contribution in [3.05, 3.63) is 36.0 Å². The van der Waals surface area contributed by atoms with E-state index in [-0.39, 0.29) is 11.7 Å². The van der Waals surface area contributed by atoms with Gasteiger partial charge in [0.2, 0.25) is 11.7 Å². The molecule has 144 valence electrons. The van der Waals surface area contributed by atoms with Gasteiger partial charge in [-0.2, -0.15) is 10.1 Å². The van der Waals surface area contributed by atoms with Gasteiger partial charge in [-0.1, -0.05) is 24.2 Å². The second kappa shape index (κ2) is 7.18. The van der Waals surface area contributed by atoms with E-state index >= 15 is 0 Å². The number of benzene rings is 1. The molecule has 0 aliphatic rings. The van der Waals surface area contributed by atoms with Crippen molar-refractivity contribution < 1.29 is 9.32 Å². The van der Waals surface area contributed by atoms with Crippen LogP contribution >= 0.6 is 0 Å². The third kappa shape index (κ3) is 3.46. The SMILES string of the molecule is CC(C)C[C@@H](NC(=O)c1ccc2c(c1)nnn2C)c1nc(-c2ncn[nH]2)no1. The smallest absolute Gasteiger partial charge is 0.252 e. The number of hydrogen-bond acceptors (Lipinski definition) is 8. The maximum atomic E-state index is 12.8. The summed E-state index contributed by atoms with van der Waals surface area (Å²) >= 11 is 0. The summed E-state index contributed by atoms with van der Waals surface area (Å²) in [7, 11) is 1.80. The highest BCUT2D eigenvalue weighted by atomic mass is 16.5. The number of nitrogens with one attached hydrogen (secondary N) is 2. The minimum Gasteiger partial charge on any atom is -0.340 e. The lowest BCUT2D eigenvalue weighted by atomic mass is 10.0. The van der Waals surface area contributed by atoms with E-state index in [0.717, 1.165) is 5.52 Å². The number of H-pyrrole nitrogens is 1. The first-order valence-corrected chi connectivity index (χ1v) is 8.81. The number of hydrogen-bond donors (Lipinski definition) is 2. The van der Waals surface area contributed by atoms with Gasteiger partial charge in [0.1, 0.15) is 17.9 Å². The molecule has 1 atom stereocenters. The molecular formula is C17H19N9O2. The highest BCUT2D eigenvalue weighted by molar-refractivity contribution is 5.97. The molecule has 0 saturated heterocycles. The minimum atomic E-state index is -0.436. The van der Waals surface area contributed by atoms with Crippen LogP contribution in [0.4, 0.5) is 0 Å². The zero-order valence-electron chi connectivity index (χ0n) is 15.6. The number of aromatic amines is 1. The van der Waals surface area contributed by atoms with Crippen LogP contribution in [0, 0.1) is 5.92 Å². The van der Waals surface area contributed by atoms with Gasteiger partial charge in [-0.15, -0.1) is 5.10 Å². The van der Waals surface area contributed by atoms with Crippen LogP contribution in [0.5, 0.6) is 0 Å². The minimum absolute atomic E-state index is 0.252. The van der Waals surface area contributed by atoms with Gasteiger partial charge in [0.15, 0.2) is 5.82 Å². The molecule has 0 saturated carbocycles. The lowest BCUT2D eigenvalue weighted by molar-refractivity contribution is 0.0922. The molecule has 2 N–H and O–H groups in total. The number of aryl methyl sites for hydroxylation is 1. The predicted molar refractivity (Wildman–Crippen MR) is 97.8 cm³/mol. The van der Waals surface area contributed by atoms with Crippen LogP contribution in [0.15, 0.2) is 29.0 Å². The Morgan fingerprint density at radius 3 is 2.96 bits per heavy atom. The lowest BCUT2D eigenvalue weighted by Gasteiger charge is -2.17. The van der Waals surface area contributed by atoms with Crippen molar-refractivity contribution in [2.45, 2.75) is 26.3 Å². The maximum absolute atomic E-state index is 12.8. The molecule has 1 amide bonds. The Labute approximate surface area is 159 Å². The Morgan fingerprint density at radius 1 is 1.36 bits per heavy atom. The normalized spacial score (nSPS) is 12.6. The Balaban J connectivity index is 1.58. The van der Waals surface area contributed by atoms with Gasteiger partial charge in [-0.25, -0.2) is 9.67 Å². The Bertz CT molecular complexity index is 1100. The molecule has 0 bridgehead atoms. The van der Waals surface area contributed by atoms with Crippen LogP contribution in [0.1, 0.15) is 42.6 Å². The highest BCUT2D eigenvalue weighted by Crippen LogP contribution is 2.23. The zero-order chi connectivity index (χ0) is 19.7. The molecule has 0 spiro atoms. The summed E-state index contributed by atoms with van der Waals surface area (Å²) < 4.78 is 7.03. The van der Waals surface area contributed by atoms with E-state index in [1.807, 2.05) is 6.07 Å². The first-order chi connectivity index (χ1) is 13.5. The quantitative estimate of drug-likeness (QED) is 0.514. The molecule has 0 fully saturated rings. The van der Waals surface area contributed by atoms with Crippen LogP contribution in [-0.4, -0.2) is 46.2 Å². The molecule has 3 heterocycles. The third-order valence-electron chi connectivity index (χ3n) is 4.25. The van der Waals surface area contributed by atoms with E-state index in [1.54, 1.807) is 23.9 Å². The largest absolute Gasteiger partial charge is 0.340 e. The molecule has 3 aromatic heterocycles. The van der Waals surface area contributed by atoms with Crippen LogP contribution in [0.25, 0.3) is 22.7 Å². The summed E-state index contributed by atoms with van der Waals surface area (Å²) in [6.07, 6.45) is 2.00. The van der Waals surface area contributed by atoms with Gasteiger partial charge < -0.3 is 9.84 Å². The van der Waals surface area contributed by atoms with Crippen molar-refractivity contribution in [2.75, 3.05) is 0 Å². The van der Waals surface area contributed by atoms with E-state index in [2.05, 4.69) is 54.8 Å². The van der Waals surface area contributed by atoms with Gasteiger partial charge in [-0.3, -0.25) is 9.89 Å². The van der Waals surface area contributed by atoms with Crippen molar-refractivity contribution in [1.29, 1.82) is 0 Å². The molecule has 0 aliphatic carbocycles. The van der Waals surface area contributed by atoms with Crippen molar-refractivity contribution in [3.8, 4) is 11.6 Å². The zero-order valence-corrected chi connectivity index (χ0v) is 15.6. The first-order valence-electron chi connectivity index (χ1n) is 8.81. The fourth-order valence-corrected chi connectivity index (χ4v) is 2.90. The van der Waals surface area contributed by atoms with Crippen molar-refractivity contribution in [3.63, 3.8) is 0 Å². The fourth-order valence-electron chi connectivity index (χ4n) is 2.90. The Hall–Kier alpha value is -3.63. The Kier molecular flexibility index (Phi) is 4.55. The van der Waals surface area contributed by atoms with E-state index in [0.29, 0.717) is 35.1 Å². The molecule has 1 aromatic carbocycles. The first kappa shape index (κ1) is 17.8. The molecule has 11 heteroatoms. The maximum Gasteiger partial charge on any atom is 0.252 e. The number of fused-ring (bicyclic) bond motifs is 1. The molecule has 4 rings (SSSR count). The number of rotatable bonds is 6. The molecule has 0 aliphatic heterocycles. The van der Waals surface area contributed by atoms with Gasteiger partial charge >= 0.3 is 0 Å².